The van der Waals surface area contributed by atoms with Gasteiger partial charge in [-0.05, 0) is 31.7 Å². The van der Waals surface area contributed by atoms with Gasteiger partial charge in [0.1, 0.15) is 0 Å². The number of amides is 1. The molecule has 1 fully saturated rings. The summed E-state index contributed by atoms with van der Waals surface area (Å²) in [4.78, 5) is 12.3. The molecule has 0 radical (unpaired) electrons. The van der Waals surface area contributed by atoms with E-state index < -0.39 is 0 Å². The summed E-state index contributed by atoms with van der Waals surface area (Å²) in [5.74, 6) is 0.533. The van der Waals surface area contributed by atoms with Crippen molar-refractivity contribution in [1.29, 1.82) is 0 Å². The Kier molecular flexibility index (Phi) is 5.92. The van der Waals surface area contributed by atoms with Crippen molar-refractivity contribution in [2.24, 2.45) is 11.3 Å². The van der Waals surface area contributed by atoms with Crippen molar-refractivity contribution in [3.05, 3.63) is 0 Å². The van der Waals surface area contributed by atoms with Crippen LogP contribution in [0.4, 0.5) is 0 Å². The third-order valence-electron chi connectivity index (χ3n) is 3.69. The fourth-order valence-corrected chi connectivity index (χ4v) is 2.52. The SMILES string of the molecule is CCCC1(C(=O)NCC(C)CCO)CCNC1. The van der Waals surface area contributed by atoms with Crippen LogP contribution in [0, 0.1) is 11.3 Å². The van der Waals surface area contributed by atoms with E-state index >= 15 is 0 Å². The predicted octanol–water partition coefficient (Wildman–Crippen LogP) is 0.901. The molecule has 2 atom stereocenters. The molecule has 0 bridgehead atoms. The Labute approximate surface area is 104 Å². The van der Waals surface area contributed by atoms with E-state index in [9.17, 15) is 4.79 Å². The molecule has 4 heteroatoms. The fourth-order valence-electron chi connectivity index (χ4n) is 2.52. The molecule has 1 saturated heterocycles. The van der Waals surface area contributed by atoms with E-state index in [2.05, 4.69) is 24.5 Å². The highest BCUT2D eigenvalue weighted by atomic mass is 16.3. The average Bonchev–Trinajstić information content (AvgIpc) is 2.77. The van der Waals surface area contributed by atoms with E-state index in [0.717, 1.165) is 38.8 Å². The number of rotatable bonds is 7. The molecule has 4 nitrogen and oxygen atoms in total. The van der Waals surface area contributed by atoms with Crippen LogP contribution in [0.3, 0.4) is 0 Å². The highest BCUT2D eigenvalue weighted by Crippen LogP contribution is 2.31. The Morgan fingerprint density at radius 1 is 1.59 bits per heavy atom. The smallest absolute Gasteiger partial charge is 0.227 e. The molecule has 1 aliphatic rings. The Morgan fingerprint density at radius 2 is 2.35 bits per heavy atom. The van der Waals surface area contributed by atoms with E-state index in [0.29, 0.717) is 12.5 Å². The van der Waals surface area contributed by atoms with Gasteiger partial charge >= 0.3 is 0 Å². The van der Waals surface area contributed by atoms with E-state index in [-0.39, 0.29) is 17.9 Å². The summed E-state index contributed by atoms with van der Waals surface area (Å²) < 4.78 is 0. The van der Waals surface area contributed by atoms with Crippen molar-refractivity contribution in [1.82, 2.24) is 10.6 Å². The van der Waals surface area contributed by atoms with Gasteiger partial charge < -0.3 is 15.7 Å². The normalized spacial score (nSPS) is 25.8. The minimum Gasteiger partial charge on any atom is -0.396 e. The van der Waals surface area contributed by atoms with Gasteiger partial charge in [0.05, 0.1) is 5.41 Å². The van der Waals surface area contributed by atoms with Crippen molar-refractivity contribution >= 4 is 5.91 Å². The Balaban J connectivity index is 2.43. The standard InChI is InChI=1S/C13H26N2O2/c1-3-5-13(6-7-14-10-13)12(17)15-9-11(2)4-8-16/h11,14,16H,3-10H2,1-2H3,(H,15,17). The maximum atomic E-state index is 12.3. The van der Waals surface area contributed by atoms with Gasteiger partial charge in [-0.2, -0.15) is 0 Å². The van der Waals surface area contributed by atoms with Crippen LogP contribution in [0.15, 0.2) is 0 Å². The van der Waals surface area contributed by atoms with E-state index in [4.69, 9.17) is 5.11 Å². The Hall–Kier alpha value is -0.610. The molecule has 1 amide bonds. The van der Waals surface area contributed by atoms with Gasteiger partial charge in [-0.15, -0.1) is 0 Å². The molecule has 0 aliphatic carbocycles. The van der Waals surface area contributed by atoms with Gasteiger partial charge in [-0.25, -0.2) is 0 Å². The molecular weight excluding hydrogens is 216 g/mol. The first kappa shape index (κ1) is 14.5. The summed E-state index contributed by atoms with van der Waals surface area (Å²) in [5.41, 5.74) is -0.187. The molecular formula is C13H26N2O2. The third kappa shape index (κ3) is 3.96. The number of aliphatic hydroxyl groups excluding tert-OH is 1. The zero-order valence-electron chi connectivity index (χ0n) is 11.1. The molecule has 2 unspecified atom stereocenters. The predicted molar refractivity (Wildman–Crippen MR) is 68.7 cm³/mol. The van der Waals surface area contributed by atoms with Crippen LogP contribution in [0.1, 0.15) is 39.5 Å². The lowest BCUT2D eigenvalue weighted by molar-refractivity contribution is -0.130. The summed E-state index contributed by atoms with van der Waals surface area (Å²) in [6.45, 7) is 6.79. The largest absolute Gasteiger partial charge is 0.396 e. The second-order valence-corrected chi connectivity index (χ2v) is 5.28. The molecule has 0 saturated carbocycles. The lowest BCUT2D eigenvalue weighted by Gasteiger charge is -2.27. The molecule has 100 valence electrons. The van der Waals surface area contributed by atoms with Crippen molar-refractivity contribution in [3.63, 3.8) is 0 Å². The number of carbonyl (C=O) groups is 1. The van der Waals surface area contributed by atoms with E-state index in [1.807, 2.05) is 0 Å². The van der Waals surface area contributed by atoms with Crippen molar-refractivity contribution < 1.29 is 9.90 Å². The van der Waals surface area contributed by atoms with Crippen LogP contribution in [-0.4, -0.2) is 37.3 Å². The molecule has 0 spiro atoms. The molecule has 0 aromatic heterocycles. The summed E-state index contributed by atoms with van der Waals surface area (Å²) >= 11 is 0. The molecule has 0 aromatic rings. The highest BCUT2D eigenvalue weighted by molar-refractivity contribution is 5.83. The van der Waals surface area contributed by atoms with Gasteiger partial charge in [-0.1, -0.05) is 20.3 Å². The summed E-state index contributed by atoms with van der Waals surface area (Å²) in [6.07, 6.45) is 3.70. The van der Waals surface area contributed by atoms with Crippen LogP contribution in [0.5, 0.6) is 0 Å². The lowest BCUT2D eigenvalue weighted by atomic mass is 9.81. The molecule has 3 N–H and O–H groups in total. The van der Waals surface area contributed by atoms with Gasteiger partial charge in [0.25, 0.3) is 0 Å². The topological polar surface area (TPSA) is 61.4 Å². The summed E-state index contributed by atoms with van der Waals surface area (Å²) in [6, 6.07) is 0. The number of hydrogen-bond donors (Lipinski definition) is 3. The second kappa shape index (κ2) is 6.97. The number of carbonyl (C=O) groups excluding carboxylic acids is 1. The first-order valence-electron chi connectivity index (χ1n) is 6.74. The molecule has 0 aromatic carbocycles. The van der Waals surface area contributed by atoms with E-state index in [1.54, 1.807) is 0 Å². The minimum atomic E-state index is -0.187. The third-order valence-corrected chi connectivity index (χ3v) is 3.69. The minimum absolute atomic E-state index is 0.187. The molecule has 1 rings (SSSR count). The van der Waals surface area contributed by atoms with Gasteiger partial charge in [0, 0.05) is 19.7 Å². The Morgan fingerprint density at radius 3 is 2.88 bits per heavy atom. The molecule has 17 heavy (non-hydrogen) atoms. The second-order valence-electron chi connectivity index (χ2n) is 5.28. The number of hydrogen-bond acceptors (Lipinski definition) is 3. The number of nitrogens with one attached hydrogen (secondary N) is 2. The zero-order valence-corrected chi connectivity index (χ0v) is 11.1. The van der Waals surface area contributed by atoms with Crippen LogP contribution < -0.4 is 10.6 Å². The van der Waals surface area contributed by atoms with Crippen molar-refractivity contribution in [2.45, 2.75) is 39.5 Å². The summed E-state index contributed by atoms with van der Waals surface area (Å²) in [7, 11) is 0. The van der Waals surface area contributed by atoms with Gasteiger partial charge in [-0.3, -0.25) is 4.79 Å². The first-order valence-corrected chi connectivity index (χ1v) is 6.74. The van der Waals surface area contributed by atoms with Gasteiger partial charge in [0.15, 0.2) is 0 Å². The van der Waals surface area contributed by atoms with Crippen LogP contribution in [0.25, 0.3) is 0 Å². The fraction of sp³-hybridized carbons (Fsp3) is 0.923. The quantitative estimate of drug-likeness (QED) is 0.621. The zero-order chi connectivity index (χ0) is 12.7. The lowest BCUT2D eigenvalue weighted by Crippen LogP contribution is -2.44. The van der Waals surface area contributed by atoms with Crippen LogP contribution in [0.2, 0.25) is 0 Å². The van der Waals surface area contributed by atoms with Crippen LogP contribution in [-0.2, 0) is 4.79 Å². The van der Waals surface area contributed by atoms with Gasteiger partial charge in [0.2, 0.25) is 5.91 Å². The molecule has 1 aliphatic heterocycles. The number of aliphatic hydroxyl groups is 1. The summed E-state index contributed by atoms with van der Waals surface area (Å²) in [5, 5.41) is 15.2. The van der Waals surface area contributed by atoms with E-state index in [1.165, 1.54) is 0 Å². The van der Waals surface area contributed by atoms with Crippen molar-refractivity contribution in [3.8, 4) is 0 Å². The Bertz CT molecular complexity index is 238. The maximum Gasteiger partial charge on any atom is 0.227 e. The monoisotopic (exact) mass is 242 g/mol. The van der Waals surface area contributed by atoms with Crippen LogP contribution >= 0.6 is 0 Å². The first-order chi connectivity index (χ1) is 8.14. The average molecular weight is 242 g/mol. The van der Waals surface area contributed by atoms with Crippen molar-refractivity contribution in [2.75, 3.05) is 26.2 Å². The molecule has 1 heterocycles. The maximum absolute atomic E-state index is 12.3. The highest BCUT2D eigenvalue weighted by Gasteiger charge is 2.39.